The molecule has 260 valence electrons. The molecule has 9 nitrogen and oxygen atoms in total. The van der Waals surface area contributed by atoms with E-state index in [1.165, 1.54) is 39.2 Å². The van der Waals surface area contributed by atoms with Gasteiger partial charge in [0.2, 0.25) is 11.7 Å². The van der Waals surface area contributed by atoms with Gasteiger partial charge in [-0.25, -0.2) is 0 Å². The Bertz CT molecular complexity index is 2000. The first-order valence-electron chi connectivity index (χ1n) is 16.1. The highest BCUT2D eigenvalue weighted by molar-refractivity contribution is 8.00. The molecule has 0 fully saturated rings. The fraction of sp³-hybridized carbons (Fsp3) is 0.146. The van der Waals surface area contributed by atoms with Crippen LogP contribution in [0, 0.1) is 13.8 Å². The fourth-order valence-electron chi connectivity index (χ4n) is 5.38. The van der Waals surface area contributed by atoms with Gasteiger partial charge < -0.3 is 30.2 Å². The topological polar surface area (TPSA) is 115 Å². The van der Waals surface area contributed by atoms with E-state index < -0.39 is 17.1 Å². The summed E-state index contributed by atoms with van der Waals surface area (Å²) in [6.45, 7) is 3.93. The zero-order valence-corrected chi connectivity index (χ0v) is 29.8. The lowest BCUT2D eigenvalue weighted by Gasteiger charge is -2.19. The molecule has 5 aromatic rings. The van der Waals surface area contributed by atoms with Crippen molar-refractivity contribution in [3.63, 3.8) is 0 Å². The van der Waals surface area contributed by atoms with Gasteiger partial charge in [-0.1, -0.05) is 72.8 Å². The van der Waals surface area contributed by atoms with E-state index in [0.717, 1.165) is 27.3 Å². The highest BCUT2D eigenvalue weighted by atomic mass is 32.2. The molecular weight excluding hydrogens is 663 g/mol. The molecule has 0 spiro atoms. The van der Waals surface area contributed by atoms with E-state index in [0.29, 0.717) is 34.1 Å². The van der Waals surface area contributed by atoms with Crippen molar-refractivity contribution in [1.29, 1.82) is 0 Å². The van der Waals surface area contributed by atoms with Crippen molar-refractivity contribution in [3.05, 3.63) is 149 Å². The Morgan fingerprint density at radius 1 is 0.686 bits per heavy atom. The molecule has 5 rings (SSSR count). The minimum absolute atomic E-state index is 0.0219. The summed E-state index contributed by atoms with van der Waals surface area (Å²) in [6.07, 6.45) is 1.53. The number of benzene rings is 5. The number of para-hydroxylation sites is 1. The number of hydrogen-bond acceptors (Lipinski definition) is 7. The van der Waals surface area contributed by atoms with Crippen LogP contribution in [-0.2, 0) is 9.59 Å². The average molecular weight is 702 g/mol. The molecule has 0 saturated carbocycles. The number of carbonyl (C=O) groups excluding carboxylic acids is 3. The lowest BCUT2D eigenvalue weighted by Crippen LogP contribution is -2.30. The number of anilines is 2. The summed E-state index contributed by atoms with van der Waals surface area (Å²) in [7, 11) is 4.49. The van der Waals surface area contributed by atoms with Crippen LogP contribution in [0.15, 0.2) is 126 Å². The first-order chi connectivity index (χ1) is 24.7. The molecule has 0 radical (unpaired) electrons. The van der Waals surface area contributed by atoms with Gasteiger partial charge in [-0.15, -0.1) is 11.8 Å². The Balaban J connectivity index is 1.44. The number of aryl methyl sites for hydroxylation is 2. The number of nitrogens with one attached hydrogen (secondary N) is 3. The lowest BCUT2D eigenvalue weighted by molar-refractivity contribution is -0.116. The highest BCUT2D eigenvalue weighted by Gasteiger charge is 2.24. The lowest BCUT2D eigenvalue weighted by atomic mass is 10.1. The zero-order valence-electron chi connectivity index (χ0n) is 29.0. The normalized spacial score (nSPS) is 11.6. The minimum Gasteiger partial charge on any atom is -0.493 e. The quantitative estimate of drug-likeness (QED) is 0.0838. The van der Waals surface area contributed by atoms with Gasteiger partial charge in [-0.05, 0) is 84.6 Å². The summed E-state index contributed by atoms with van der Waals surface area (Å²) in [5.41, 5.74) is 4.91. The van der Waals surface area contributed by atoms with E-state index in [4.69, 9.17) is 14.2 Å². The summed E-state index contributed by atoms with van der Waals surface area (Å²) in [4.78, 5) is 41.7. The Hall–Kier alpha value is -6.00. The Morgan fingerprint density at radius 2 is 1.29 bits per heavy atom. The van der Waals surface area contributed by atoms with Crippen molar-refractivity contribution in [3.8, 4) is 17.2 Å². The van der Waals surface area contributed by atoms with E-state index in [1.807, 2.05) is 68.4 Å². The molecule has 0 aliphatic rings. The van der Waals surface area contributed by atoms with Crippen LogP contribution < -0.4 is 30.2 Å². The van der Waals surface area contributed by atoms with Gasteiger partial charge in [0.25, 0.3) is 11.8 Å². The number of methoxy groups -OCH3 is 3. The zero-order chi connectivity index (χ0) is 36.3. The smallest absolute Gasteiger partial charge is 0.272 e. The first-order valence-corrected chi connectivity index (χ1v) is 17.0. The molecule has 1 atom stereocenters. The third kappa shape index (κ3) is 9.17. The van der Waals surface area contributed by atoms with Gasteiger partial charge in [0, 0.05) is 21.8 Å². The predicted molar refractivity (Wildman–Crippen MR) is 203 cm³/mol. The van der Waals surface area contributed by atoms with Crippen LogP contribution in [0.25, 0.3) is 6.08 Å². The van der Waals surface area contributed by atoms with Crippen molar-refractivity contribution < 1.29 is 28.6 Å². The summed E-state index contributed by atoms with van der Waals surface area (Å²) >= 11 is 1.37. The number of rotatable bonds is 13. The molecule has 5 aromatic carbocycles. The highest BCUT2D eigenvalue weighted by Crippen LogP contribution is 2.39. The second-order valence-corrected chi connectivity index (χ2v) is 12.7. The van der Waals surface area contributed by atoms with Gasteiger partial charge in [-0.3, -0.25) is 14.4 Å². The second-order valence-electron chi connectivity index (χ2n) is 11.5. The molecule has 0 aliphatic heterocycles. The molecule has 1 unspecified atom stereocenters. The summed E-state index contributed by atoms with van der Waals surface area (Å²) in [5.74, 6) is -0.0374. The van der Waals surface area contributed by atoms with E-state index in [9.17, 15) is 14.4 Å². The van der Waals surface area contributed by atoms with Gasteiger partial charge in [-0.2, -0.15) is 0 Å². The standard InChI is InChI=1S/C41H39N3O6S/c1-26-14-12-15-27(2)36(26)44-41(47)38(29-16-8-6-9-17-29)51-32-21-13-20-31(25-32)42-40(46)33(43-39(45)30-18-10-7-11-19-30)22-28-23-34(48-3)37(50-5)35(24-28)49-4/h6-25,38H,1-5H3,(H,42,46)(H,43,45)(H,44,47)/b33-22+. The van der Waals surface area contributed by atoms with Crippen molar-refractivity contribution >= 4 is 46.9 Å². The van der Waals surface area contributed by atoms with Crippen molar-refractivity contribution in [2.45, 2.75) is 24.0 Å². The molecule has 0 bridgehead atoms. The molecule has 3 amide bonds. The van der Waals surface area contributed by atoms with Crippen LogP contribution in [0.2, 0.25) is 0 Å². The van der Waals surface area contributed by atoms with E-state index >= 15 is 0 Å². The summed E-state index contributed by atoms with van der Waals surface area (Å²) < 4.78 is 16.4. The van der Waals surface area contributed by atoms with Crippen LogP contribution in [0.5, 0.6) is 17.2 Å². The monoisotopic (exact) mass is 701 g/mol. The molecule has 0 aliphatic carbocycles. The van der Waals surface area contributed by atoms with E-state index in [-0.39, 0.29) is 11.6 Å². The first kappa shape index (κ1) is 36.3. The molecular formula is C41H39N3O6S. The predicted octanol–water partition coefficient (Wildman–Crippen LogP) is 8.21. The number of ether oxygens (including phenoxy) is 3. The summed E-state index contributed by atoms with van der Waals surface area (Å²) in [5, 5.41) is 8.22. The maximum atomic E-state index is 13.9. The minimum atomic E-state index is -0.586. The van der Waals surface area contributed by atoms with Crippen molar-refractivity contribution in [2.24, 2.45) is 0 Å². The number of thioether (sulfide) groups is 1. The average Bonchev–Trinajstić information content (AvgIpc) is 3.15. The maximum Gasteiger partial charge on any atom is 0.272 e. The van der Waals surface area contributed by atoms with Crippen LogP contribution in [-0.4, -0.2) is 39.1 Å². The van der Waals surface area contributed by atoms with Crippen LogP contribution >= 0.6 is 11.8 Å². The molecule has 51 heavy (non-hydrogen) atoms. The van der Waals surface area contributed by atoms with Crippen LogP contribution in [0.4, 0.5) is 11.4 Å². The Morgan fingerprint density at radius 3 is 1.90 bits per heavy atom. The Labute approximate surface area is 302 Å². The van der Waals surface area contributed by atoms with Gasteiger partial charge in [0.15, 0.2) is 11.5 Å². The Kier molecular flexibility index (Phi) is 12.2. The van der Waals surface area contributed by atoms with Crippen LogP contribution in [0.1, 0.15) is 37.9 Å². The SMILES string of the molecule is COc1cc(/C=C(/NC(=O)c2ccccc2)C(=O)Nc2cccc(SC(C(=O)Nc3c(C)cccc3C)c3ccccc3)c2)cc(OC)c1OC. The molecule has 0 aromatic heterocycles. The molecule has 3 N–H and O–H groups in total. The van der Waals surface area contributed by atoms with Crippen LogP contribution in [0.3, 0.4) is 0 Å². The van der Waals surface area contributed by atoms with Gasteiger partial charge in [0.1, 0.15) is 10.9 Å². The van der Waals surface area contributed by atoms with Crippen molar-refractivity contribution in [1.82, 2.24) is 5.32 Å². The third-order valence-electron chi connectivity index (χ3n) is 7.94. The van der Waals surface area contributed by atoms with Crippen molar-refractivity contribution in [2.75, 3.05) is 32.0 Å². The summed E-state index contributed by atoms with van der Waals surface area (Å²) in [6, 6.07) is 34.6. The molecule has 0 heterocycles. The van der Waals surface area contributed by atoms with E-state index in [2.05, 4.69) is 16.0 Å². The van der Waals surface area contributed by atoms with E-state index in [1.54, 1.807) is 60.7 Å². The van der Waals surface area contributed by atoms with Gasteiger partial charge in [0.05, 0.1) is 21.3 Å². The van der Waals surface area contributed by atoms with Gasteiger partial charge >= 0.3 is 0 Å². The maximum absolute atomic E-state index is 13.9. The number of amides is 3. The number of carbonyl (C=O) groups is 3. The molecule has 0 saturated heterocycles. The molecule has 10 heteroatoms. The second kappa shape index (κ2) is 17.1. The fourth-order valence-corrected chi connectivity index (χ4v) is 6.46. The number of hydrogen-bond donors (Lipinski definition) is 3. The third-order valence-corrected chi connectivity index (χ3v) is 9.19. The largest absolute Gasteiger partial charge is 0.493 e.